The molecular weight excluding hydrogens is 194 g/mol. The molecule has 82 valence electrons. The quantitative estimate of drug-likeness (QED) is 0.792. The van der Waals surface area contributed by atoms with Gasteiger partial charge in [0.05, 0.1) is 6.10 Å². The van der Waals surface area contributed by atoms with Gasteiger partial charge in [-0.05, 0) is 18.6 Å². The van der Waals surface area contributed by atoms with E-state index in [1.54, 1.807) is 11.0 Å². The lowest BCUT2D eigenvalue weighted by Gasteiger charge is -2.13. The molecule has 0 aromatic carbocycles. The average Bonchev–Trinajstić information content (AvgIpc) is 2.84. The number of aryl methyl sites for hydroxylation is 1. The van der Waals surface area contributed by atoms with Crippen molar-refractivity contribution in [3.8, 4) is 0 Å². The molecule has 0 saturated carbocycles. The third kappa shape index (κ3) is 2.04. The zero-order valence-electron chi connectivity index (χ0n) is 8.77. The minimum atomic E-state index is -0.380. The molecule has 0 spiro atoms. The zero-order chi connectivity index (χ0) is 10.8. The van der Waals surface area contributed by atoms with Gasteiger partial charge in [0, 0.05) is 19.5 Å². The van der Waals surface area contributed by atoms with Gasteiger partial charge in [-0.2, -0.15) is 0 Å². The van der Waals surface area contributed by atoms with Crippen molar-refractivity contribution < 1.29 is 14.3 Å². The fourth-order valence-corrected chi connectivity index (χ4v) is 1.76. The lowest BCUT2D eigenvalue weighted by molar-refractivity contribution is 0.0732. The van der Waals surface area contributed by atoms with Gasteiger partial charge < -0.3 is 14.4 Å². The first-order valence-corrected chi connectivity index (χ1v) is 5.26. The smallest absolute Gasteiger partial charge is 0.289 e. The fraction of sp³-hybridized carbons (Fsp3) is 0.545. The molecule has 1 aromatic rings. The van der Waals surface area contributed by atoms with Crippen molar-refractivity contribution >= 4 is 5.91 Å². The Morgan fingerprint density at radius 1 is 1.67 bits per heavy atom. The number of hydrogen-bond donors (Lipinski definition) is 1. The summed E-state index contributed by atoms with van der Waals surface area (Å²) < 4.78 is 5.37. The van der Waals surface area contributed by atoms with Crippen LogP contribution in [0.15, 0.2) is 16.5 Å². The van der Waals surface area contributed by atoms with Crippen LogP contribution in [0.5, 0.6) is 0 Å². The number of β-amino-alcohol motifs (C(OH)–C–C–N with tert-alkyl or cyclic N) is 1. The number of rotatable bonds is 2. The number of aliphatic hydroxyl groups is 1. The summed E-state index contributed by atoms with van der Waals surface area (Å²) in [6.45, 7) is 3.01. The molecule has 15 heavy (non-hydrogen) atoms. The SMILES string of the molecule is CCc1ccc(C(=O)N2CCC(O)C2)o1. The van der Waals surface area contributed by atoms with Crippen LogP contribution < -0.4 is 0 Å². The third-order valence-electron chi connectivity index (χ3n) is 2.67. The molecule has 0 aliphatic carbocycles. The number of likely N-dealkylation sites (tertiary alicyclic amines) is 1. The molecule has 1 N–H and O–H groups in total. The Bertz CT molecular complexity index is 358. The van der Waals surface area contributed by atoms with Crippen LogP contribution in [0.4, 0.5) is 0 Å². The topological polar surface area (TPSA) is 53.7 Å². The van der Waals surface area contributed by atoms with Crippen molar-refractivity contribution in [1.29, 1.82) is 0 Å². The van der Waals surface area contributed by atoms with Gasteiger partial charge in [-0.3, -0.25) is 4.79 Å². The summed E-state index contributed by atoms with van der Waals surface area (Å²) >= 11 is 0. The monoisotopic (exact) mass is 209 g/mol. The van der Waals surface area contributed by atoms with E-state index in [0.717, 1.165) is 12.2 Å². The number of hydrogen-bond acceptors (Lipinski definition) is 3. The summed E-state index contributed by atoms with van der Waals surface area (Å²) in [4.78, 5) is 13.5. The minimum absolute atomic E-state index is 0.119. The molecule has 4 heteroatoms. The molecule has 0 bridgehead atoms. The van der Waals surface area contributed by atoms with E-state index in [9.17, 15) is 9.90 Å². The van der Waals surface area contributed by atoms with Crippen molar-refractivity contribution in [3.05, 3.63) is 23.7 Å². The van der Waals surface area contributed by atoms with E-state index < -0.39 is 0 Å². The molecule has 1 aliphatic heterocycles. The van der Waals surface area contributed by atoms with Crippen molar-refractivity contribution in [1.82, 2.24) is 4.90 Å². The van der Waals surface area contributed by atoms with E-state index in [1.807, 2.05) is 13.0 Å². The molecule has 1 unspecified atom stereocenters. The second-order valence-corrected chi connectivity index (χ2v) is 3.81. The molecular formula is C11H15NO3. The first-order chi connectivity index (χ1) is 7.20. The summed E-state index contributed by atoms with van der Waals surface area (Å²) in [6.07, 6.45) is 1.07. The van der Waals surface area contributed by atoms with E-state index in [1.165, 1.54) is 0 Å². The number of nitrogens with zero attached hydrogens (tertiary/aromatic N) is 1. The molecule has 1 fully saturated rings. The molecule has 2 rings (SSSR count). The summed E-state index contributed by atoms with van der Waals surface area (Å²) in [5, 5.41) is 9.32. The first kappa shape index (κ1) is 10.2. The highest BCUT2D eigenvalue weighted by Crippen LogP contribution is 2.15. The predicted molar refractivity (Wildman–Crippen MR) is 54.6 cm³/mol. The summed E-state index contributed by atoms with van der Waals surface area (Å²) in [6, 6.07) is 3.52. The lowest BCUT2D eigenvalue weighted by atomic mass is 10.3. The molecule has 1 aromatic heterocycles. The largest absolute Gasteiger partial charge is 0.456 e. The average molecular weight is 209 g/mol. The van der Waals surface area contributed by atoms with Gasteiger partial charge in [0.15, 0.2) is 5.76 Å². The maximum Gasteiger partial charge on any atom is 0.289 e. The van der Waals surface area contributed by atoms with Crippen LogP contribution in [0, 0.1) is 0 Å². The summed E-state index contributed by atoms with van der Waals surface area (Å²) in [5.41, 5.74) is 0. The van der Waals surface area contributed by atoms with Crippen LogP contribution in [0.2, 0.25) is 0 Å². The van der Waals surface area contributed by atoms with Crippen LogP contribution in [0.1, 0.15) is 29.7 Å². The van der Waals surface area contributed by atoms with E-state index in [4.69, 9.17) is 4.42 Å². The van der Waals surface area contributed by atoms with E-state index >= 15 is 0 Å². The van der Waals surface area contributed by atoms with Crippen molar-refractivity contribution in [2.45, 2.75) is 25.9 Å². The Morgan fingerprint density at radius 3 is 3.00 bits per heavy atom. The second-order valence-electron chi connectivity index (χ2n) is 3.81. The van der Waals surface area contributed by atoms with Gasteiger partial charge in [-0.1, -0.05) is 6.92 Å². The Balaban J connectivity index is 2.07. The number of carbonyl (C=O) groups is 1. The standard InChI is InChI=1S/C11H15NO3/c1-2-9-3-4-10(15-9)11(14)12-6-5-8(13)7-12/h3-4,8,13H,2,5-7H2,1H3. The van der Waals surface area contributed by atoms with E-state index in [2.05, 4.69) is 0 Å². The maximum absolute atomic E-state index is 11.8. The van der Waals surface area contributed by atoms with E-state index in [-0.39, 0.29) is 12.0 Å². The predicted octanol–water partition coefficient (Wildman–Crippen LogP) is 1.05. The van der Waals surface area contributed by atoms with Gasteiger partial charge in [0.2, 0.25) is 0 Å². The molecule has 2 heterocycles. The number of aliphatic hydroxyl groups excluding tert-OH is 1. The van der Waals surface area contributed by atoms with Crippen molar-refractivity contribution in [3.63, 3.8) is 0 Å². The van der Waals surface area contributed by atoms with Gasteiger partial charge in [0.1, 0.15) is 5.76 Å². The van der Waals surface area contributed by atoms with Gasteiger partial charge >= 0.3 is 0 Å². The molecule has 1 amide bonds. The van der Waals surface area contributed by atoms with Crippen LogP contribution >= 0.6 is 0 Å². The number of amides is 1. The van der Waals surface area contributed by atoms with Crippen LogP contribution in [-0.2, 0) is 6.42 Å². The molecule has 1 atom stereocenters. The third-order valence-corrected chi connectivity index (χ3v) is 2.67. The van der Waals surface area contributed by atoms with Crippen LogP contribution in [0.25, 0.3) is 0 Å². The highest BCUT2D eigenvalue weighted by atomic mass is 16.4. The second kappa shape index (κ2) is 4.06. The molecule has 0 radical (unpaired) electrons. The molecule has 4 nitrogen and oxygen atoms in total. The number of furan rings is 1. The Hall–Kier alpha value is -1.29. The minimum Gasteiger partial charge on any atom is -0.456 e. The van der Waals surface area contributed by atoms with E-state index in [0.29, 0.717) is 25.3 Å². The van der Waals surface area contributed by atoms with Crippen LogP contribution in [-0.4, -0.2) is 35.1 Å². The van der Waals surface area contributed by atoms with Gasteiger partial charge in [0.25, 0.3) is 5.91 Å². The first-order valence-electron chi connectivity index (χ1n) is 5.26. The normalized spacial score (nSPS) is 20.9. The number of carbonyl (C=O) groups excluding carboxylic acids is 1. The highest BCUT2D eigenvalue weighted by Gasteiger charge is 2.26. The summed E-state index contributed by atoms with van der Waals surface area (Å²) in [7, 11) is 0. The van der Waals surface area contributed by atoms with Crippen molar-refractivity contribution in [2.24, 2.45) is 0 Å². The maximum atomic E-state index is 11.8. The molecule has 1 saturated heterocycles. The lowest BCUT2D eigenvalue weighted by Crippen LogP contribution is -2.29. The van der Waals surface area contributed by atoms with Gasteiger partial charge in [-0.15, -0.1) is 0 Å². The molecule has 1 aliphatic rings. The highest BCUT2D eigenvalue weighted by molar-refractivity contribution is 5.91. The zero-order valence-corrected chi connectivity index (χ0v) is 8.77. The Morgan fingerprint density at radius 2 is 2.47 bits per heavy atom. The fourth-order valence-electron chi connectivity index (χ4n) is 1.76. The Labute approximate surface area is 88.5 Å². The van der Waals surface area contributed by atoms with Gasteiger partial charge in [-0.25, -0.2) is 0 Å². The summed E-state index contributed by atoms with van der Waals surface area (Å²) in [5.74, 6) is 1.07. The van der Waals surface area contributed by atoms with Crippen molar-refractivity contribution in [2.75, 3.05) is 13.1 Å². The Kier molecular flexibility index (Phi) is 2.77. The van der Waals surface area contributed by atoms with Crippen LogP contribution in [0.3, 0.4) is 0 Å².